The first-order valence-corrected chi connectivity index (χ1v) is 7.04. The van der Waals surface area contributed by atoms with Gasteiger partial charge in [0.2, 0.25) is 0 Å². The average molecular weight is 295 g/mol. The molecule has 6 heteroatoms. The second kappa shape index (κ2) is 7.79. The molecule has 0 aliphatic heterocycles. The highest BCUT2D eigenvalue weighted by Crippen LogP contribution is 2.15. The molecule has 0 aliphatic carbocycles. The molecule has 0 spiro atoms. The topological polar surface area (TPSA) is 68.5 Å². The number of anilines is 1. The minimum Gasteiger partial charge on any atom is -0.462 e. The maximum Gasteiger partial charge on any atom is 0.339 e. The fourth-order valence-corrected chi connectivity index (χ4v) is 1.85. The Morgan fingerprint density at radius 3 is 2.65 bits per heavy atom. The Morgan fingerprint density at radius 1 is 1.50 bits per heavy atom. The zero-order chi connectivity index (χ0) is 15.1. The number of thiocarbonyl (C=S) groups is 1. The van der Waals surface area contributed by atoms with Crippen molar-refractivity contribution in [2.75, 3.05) is 18.1 Å². The van der Waals surface area contributed by atoms with E-state index in [1.54, 1.807) is 13.0 Å². The fraction of sp³-hybridized carbons (Fsp3) is 0.500. The van der Waals surface area contributed by atoms with Gasteiger partial charge < -0.3 is 15.4 Å². The first-order chi connectivity index (χ1) is 9.45. The Hall–Kier alpha value is -1.69. The largest absolute Gasteiger partial charge is 0.462 e. The monoisotopic (exact) mass is 295 g/mol. The van der Waals surface area contributed by atoms with Gasteiger partial charge in [0, 0.05) is 25.2 Å². The molecule has 0 bridgehead atoms. The number of esters is 1. The first-order valence-electron chi connectivity index (χ1n) is 6.63. The van der Waals surface area contributed by atoms with Crippen molar-refractivity contribution in [3.8, 4) is 0 Å². The Kier molecular flexibility index (Phi) is 6.38. The van der Waals surface area contributed by atoms with Gasteiger partial charge in [0.05, 0.1) is 17.2 Å². The van der Waals surface area contributed by atoms with Crippen molar-refractivity contribution in [1.82, 2.24) is 4.98 Å². The van der Waals surface area contributed by atoms with Gasteiger partial charge in [-0.25, -0.2) is 9.78 Å². The molecule has 1 aromatic rings. The molecule has 1 aromatic heterocycles. The second-order valence-corrected chi connectivity index (χ2v) is 5.15. The third kappa shape index (κ3) is 4.77. The lowest BCUT2D eigenvalue weighted by Crippen LogP contribution is -2.34. The molecule has 1 rings (SSSR count). The lowest BCUT2D eigenvalue weighted by atomic mass is 10.2. The summed E-state index contributed by atoms with van der Waals surface area (Å²) in [4.78, 5) is 18.5. The maximum atomic E-state index is 11.6. The van der Waals surface area contributed by atoms with E-state index in [1.165, 1.54) is 6.20 Å². The van der Waals surface area contributed by atoms with Crippen LogP contribution in [0.3, 0.4) is 0 Å². The Labute approximate surface area is 125 Å². The molecule has 0 fully saturated rings. The normalized spacial score (nSPS) is 10.4. The lowest BCUT2D eigenvalue weighted by Gasteiger charge is -2.27. The number of aromatic nitrogens is 1. The van der Waals surface area contributed by atoms with E-state index < -0.39 is 0 Å². The van der Waals surface area contributed by atoms with Crippen LogP contribution in [0, 0.1) is 0 Å². The number of nitrogens with two attached hydrogens (primary N) is 1. The van der Waals surface area contributed by atoms with Crippen molar-refractivity contribution < 1.29 is 9.53 Å². The molecule has 110 valence electrons. The number of pyridine rings is 1. The number of carbonyl (C=O) groups excluding carboxylic acids is 1. The minimum absolute atomic E-state index is 0.269. The summed E-state index contributed by atoms with van der Waals surface area (Å²) in [6.45, 7) is 6.97. The quantitative estimate of drug-likeness (QED) is 0.614. The van der Waals surface area contributed by atoms with Gasteiger partial charge >= 0.3 is 5.97 Å². The van der Waals surface area contributed by atoms with Crippen LogP contribution in [0.4, 0.5) is 5.82 Å². The van der Waals surface area contributed by atoms with Gasteiger partial charge in [0.15, 0.2) is 0 Å². The van der Waals surface area contributed by atoms with Crippen molar-refractivity contribution >= 4 is 29.0 Å². The first kappa shape index (κ1) is 16.4. The molecule has 0 amide bonds. The summed E-state index contributed by atoms with van der Waals surface area (Å²) in [5, 5.41) is 0. The summed E-state index contributed by atoms with van der Waals surface area (Å²) in [6.07, 6.45) is 2.16. The van der Waals surface area contributed by atoms with Crippen LogP contribution in [0.1, 0.15) is 37.6 Å². The summed E-state index contributed by atoms with van der Waals surface area (Å²) in [6, 6.07) is 3.80. The molecule has 0 aromatic carbocycles. The minimum atomic E-state index is -0.356. The molecule has 0 unspecified atom stereocenters. The second-order valence-electron chi connectivity index (χ2n) is 4.63. The van der Waals surface area contributed by atoms with Gasteiger partial charge in [-0.3, -0.25) is 0 Å². The number of hydrogen-bond donors (Lipinski definition) is 1. The molecule has 0 radical (unpaired) electrons. The molecule has 0 saturated heterocycles. The zero-order valence-corrected chi connectivity index (χ0v) is 12.9. The number of rotatable bonds is 7. The molecular weight excluding hydrogens is 274 g/mol. The molecule has 0 aliphatic rings. The molecule has 20 heavy (non-hydrogen) atoms. The van der Waals surface area contributed by atoms with Crippen molar-refractivity contribution in [2.24, 2.45) is 5.73 Å². The highest BCUT2D eigenvalue weighted by molar-refractivity contribution is 7.80. The third-order valence-corrected chi connectivity index (χ3v) is 2.98. The van der Waals surface area contributed by atoms with E-state index >= 15 is 0 Å². The van der Waals surface area contributed by atoms with Gasteiger partial charge in [-0.05, 0) is 32.9 Å². The molecular formula is C14H21N3O2S. The fourth-order valence-electron chi connectivity index (χ4n) is 1.76. The van der Waals surface area contributed by atoms with Crippen LogP contribution in [0.25, 0.3) is 0 Å². The van der Waals surface area contributed by atoms with Crippen LogP contribution < -0.4 is 10.6 Å². The molecule has 0 saturated carbocycles. The zero-order valence-electron chi connectivity index (χ0n) is 12.1. The smallest absolute Gasteiger partial charge is 0.339 e. The Morgan fingerprint density at radius 2 is 2.20 bits per heavy atom. The van der Waals surface area contributed by atoms with Gasteiger partial charge in [0.1, 0.15) is 5.82 Å². The predicted molar refractivity (Wildman–Crippen MR) is 84.1 cm³/mol. The van der Waals surface area contributed by atoms with Crippen LogP contribution in [-0.4, -0.2) is 35.1 Å². The van der Waals surface area contributed by atoms with Crippen molar-refractivity contribution in [3.63, 3.8) is 0 Å². The Balaban J connectivity index is 2.82. The van der Waals surface area contributed by atoms with E-state index in [1.807, 2.05) is 6.07 Å². The summed E-state index contributed by atoms with van der Waals surface area (Å²) in [5.41, 5.74) is 5.99. The molecule has 1 heterocycles. The van der Waals surface area contributed by atoms with Crippen LogP contribution in [0.15, 0.2) is 18.3 Å². The van der Waals surface area contributed by atoms with Crippen LogP contribution >= 0.6 is 12.2 Å². The standard InChI is InChI=1S/C14H21N3O2S/c1-4-19-14(18)11-5-6-13(16-9-11)17(10(2)3)8-7-12(15)20/h5-6,9-10H,4,7-8H2,1-3H3,(H2,15,20). The predicted octanol–water partition coefficient (Wildman–Crippen LogP) is 2.15. The number of hydrogen-bond acceptors (Lipinski definition) is 5. The van der Waals surface area contributed by atoms with E-state index in [4.69, 9.17) is 22.7 Å². The average Bonchev–Trinajstić information content (AvgIpc) is 2.39. The van der Waals surface area contributed by atoms with Crippen LogP contribution in [0.2, 0.25) is 0 Å². The molecule has 5 nitrogen and oxygen atoms in total. The van der Waals surface area contributed by atoms with E-state index in [2.05, 4.69) is 23.7 Å². The summed E-state index contributed by atoms with van der Waals surface area (Å²) < 4.78 is 4.93. The molecule has 2 N–H and O–H groups in total. The summed E-state index contributed by atoms with van der Waals surface area (Å²) in [7, 11) is 0. The van der Waals surface area contributed by atoms with E-state index in [-0.39, 0.29) is 12.0 Å². The molecule has 0 atom stereocenters. The van der Waals surface area contributed by atoms with Crippen LogP contribution in [0.5, 0.6) is 0 Å². The van der Waals surface area contributed by atoms with E-state index in [0.717, 1.165) is 5.82 Å². The van der Waals surface area contributed by atoms with Gasteiger partial charge in [0.25, 0.3) is 0 Å². The SMILES string of the molecule is CCOC(=O)c1ccc(N(CCC(N)=S)C(C)C)nc1. The Bertz CT molecular complexity index is 460. The highest BCUT2D eigenvalue weighted by atomic mass is 32.1. The van der Waals surface area contributed by atoms with E-state index in [9.17, 15) is 4.79 Å². The van der Waals surface area contributed by atoms with Crippen molar-refractivity contribution in [1.29, 1.82) is 0 Å². The van der Waals surface area contributed by atoms with Gasteiger partial charge in [-0.2, -0.15) is 0 Å². The third-order valence-electron chi connectivity index (χ3n) is 2.78. The van der Waals surface area contributed by atoms with Crippen LogP contribution in [-0.2, 0) is 4.74 Å². The summed E-state index contributed by atoms with van der Waals surface area (Å²) >= 11 is 4.90. The van der Waals surface area contributed by atoms with E-state index in [0.29, 0.717) is 30.1 Å². The lowest BCUT2D eigenvalue weighted by molar-refractivity contribution is 0.0526. The number of nitrogens with zero attached hydrogens (tertiary/aromatic N) is 2. The van der Waals surface area contributed by atoms with Crippen molar-refractivity contribution in [2.45, 2.75) is 33.2 Å². The van der Waals surface area contributed by atoms with Gasteiger partial charge in [-0.1, -0.05) is 12.2 Å². The van der Waals surface area contributed by atoms with Crippen molar-refractivity contribution in [3.05, 3.63) is 23.9 Å². The highest BCUT2D eigenvalue weighted by Gasteiger charge is 2.13. The van der Waals surface area contributed by atoms with Gasteiger partial charge in [-0.15, -0.1) is 0 Å². The maximum absolute atomic E-state index is 11.6. The number of ether oxygens (including phenoxy) is 1. The summed E-state index contributed by atoms with van der Waals surface area (Å²) in [5.74, 6) is 0.440. The number of carbonyl (C=O) groups is 1.